The van der Waals surface area contributed by atoms with E-state index in [2.05, 4.69) is 17.2 Å². The highest BCUT2D eigenvalue weighted by Crippen LogP contribution is 2.20. The molecule has 0 saturated carbocycles. The van der Waals surface area contributed by atoms with Crippen LogP contribution < -0.4 is 16.1 Å². The molecule has 0 unspecified atom stereocenters. The van der Waals surface area contributed by atoms with E-state index in [1.807, 2.05) is 17.0 Å². The topological polar surface area (TPSA) is 60.1 Å². The Labute approximate surface area is 115 Å². The van der Waals surface area contributed by atoms with Gasteiger partial charge in [-0.25, -0.2) is 9.48 Å². The lowest BCUT2D eigenvalue weighted by molar-refractivity contribution is 0.581. The Morgan fingerprint density at radius 1 is 1.10 bits per heavy atom. The van der Waals surface area contributed by atoms with Crippen molar-refractivity contribution in [1.29, 1.82) is 0 Å². The number of hydrogen-bond acceptors (Lipinski definition) is 4. The van der Waals surface area contributed by atoms with Crippen LogP contribution in [0.25, 0.3) is 0 Å². The van der Waals surface area contributed by atoms with E-state index >= 15 is 0 Å². The number of fused-ring (bicyclic) bond motifs is 1. The maximum Gasteiger partial charge on any atom is 0.346 e. The molecule has 0 amide bonds. The average molecular weight is 272 g/mol. The van der Waals surface area contributed by atoms with Gasteiger partial charge in [-0.05, 0) is 17.5 Å². The van der Waals surface area contributed by atoms with Crippen LogP contribution in [0.2, 0.25) is 0 Å². The van der Waals surface area contributed by atoms with E-state index in [0.29, 0.717) is 12.4 Å². The third-order valence-corrected chi connectivity index (χ3v) is 3.73. The molecule has 1 aliphatic heterocycles. The second-order valence-electron chi connectivity index (χ2n) is 5.03. The minimum atomic E-state index is -0.406. The van der Waals surface area contributed by atoms with Crippen molar-refractivity contribution in [2.75, 3.05) is 11.4 Å². The van der Waals surface area contributed by atoms with Gasteiger partial charge in [0.05, 0.1) is 0 Å². The van der Waals surface area contributed by atoms with Crippen molar-refractivity contribution in [3.05, 3.63) is 56.2 Å². The maximum atomic E-state index is 12.2. The van der Waals surface area contributed by atoms with E-state index in [1.165, 1.54) is 22.9 Å². The lowest BCUT2D eigenvalue weighted by Crippen LogP contribution is -2.44. The summed E-state index contributed by atoms with van der Waals surface area (Å²) in [7, 11) is 3.04. The van der Waals surface area contributed by atoms with Gasteiger partial charge in [0, 0.05) is 27.2 Å². The molecule has 1 aliphatic rings. The molecule has 3 rings (SSSR count). The SMILES string of the molecule is Cn1nc(N2CCc3ccccc3C2)c(=O)n(C)c1=O. The van der Waals surface area contributed by atoms with Crippen LogP contribution in [-0.4, -0.2) is 20.9 Å². The summed E-state index contributed by atoms with van der Waals surface area (Å²) in [5, 5.41) is 4.13. The second kappa shape index (κ2) is 4.63. The third-order valence-electron chi connectivity index (χ3n) is 3.73. The smallest absolute Gasteiger partial charge is 0.346 e. The molecule has 104 valence electrons. The summed E-state index contributed by atoms with van der Waals surface area (Å²) in [5.74, 6) is 0.337. The van der Waals surface area contributed by atoms with Gasteiger partial charge < -0.3 is 4.90 Å². The number of aryl methyl sites for hydroxylation is 1. The Hall–Kier alpha value is -2.37. The number of hydrogen-bond donors (Lipinski definition) is 0. The molecule has 0 fully saturated rings. The minimum absolute atomic E-state index is 0.337. The largest absolute Gasteiger partial charge is 0.346 e. The van der Waals surface area contributed by atoms with E-state index in [4.69, 9.17) is 0 Å². The Balaban J connectivity index is 2.04. The zero-order valence-corrected chi connectivity index (χ0v) is 11.5. The van der Waals surface area contributed by atoms with Crippen molar-refractivity contribution >= 4 is 5.82 Å². The zero-order chi connectivity index (χ0) is 14.3. The molecule has 0 atom stereocenters. The molecule has 0 N–H and O–H groups in total. The van der Waals surface area contributed by atoms with Gasteiger partial charge >= 0.3 is 5.69 Å². The fourth-order valence-electron chi connectivity index (χ4n) is 2.56. The first-order valence-corrected chi connectivity index (χ1v) is 6.54. The molecular formula is C14H16N4O2. The normalized spacial score (nSPS) is 14.2. The van der Waals surface area contributed by atoms with E-state index < -0.39 is 5.69 Å². The Morgan fingerprint density at radius 2 is 1.80 bits per heavy atom. The molecule has 0 aliphatic carbocycles. The molecule has 2 heterocycles. The van der Waals surface area contributed by atoms with E-state index in [-0.39, 0.29) is 5.56 Å². The Kier molecular flexibility index (Phi) is 2.93. The number of aromatic nitrogens is 3. The Bertz CT molecular complexity index is 775. The van der Waals surface area contributed by atoms with Gasteiger partial charge in [-0.2, -0.15) is 0 Å². The molecule has 0 spiro atoms. The highest BCUT2D eigenvalue weighted by Gasteiger charge is 2.21. The third kappa shape index (κ3) is 1.93. The standard InChI is InChI=1S/C14H16N4O2/c1-16-13(19)12(15-17(2)14(16)20)18-8-7-10-5-3-4-6-11(10)9-18/h3-6H,7-9H2,1-2H3. The molecule has 2 aromatic rings. The molecule has 0 bridgehead atoms. The lowest BCUT2D eigenvalue weighted by atomic mass is 10.0. The van der Waals surface area contributed by atoms with Gasteiger partial charge in [0.15, 0.2) is 0 Å². The van der Waals surface area contributed by atoms with Gasteiger partial charge in [0.2, 0.25) is 5.82 Å². The van der Waals surface area contributed by atoms with Crippen LogP contribution in [0.4, 0.5) is 5.82 Å². The van der Waals surface area contributed by atoms with Crippen LogP contribution in [0.15, 0.2) is 33.9 Å². The predicted molar refractivity (Wildman–Crippen MR) is 75.9 cm³/mol. The first-order valence-electron chi connectivity index (χ1n) is 6.54. The van der Waals surface area contributed by atoms with Crippen LogP contribution in [-0.2, 0) is 27.1 Å². The fraction of sp³-hybridized carbons (Fsp3) is 0.357. The van der Waals surface area contributed by atoms with Crippen molar-refractivity contribution in [3.8, 4) is 0 Å². The van der Waals surface area contributed by atoms with E-state index in [9.17, 15) is 9.59 Å². The van der Waals surface area contributed by atoms with Crippen molar-refractivity contribution in [2.24, 2.45) is 14.1 Å². The summed E-state index contributed by atoms with van der Waals surface area (Å²) >= 11 is 0. The maximum absolute atomic E-state index is 12.2. The van der Waals surface area contributed by atoms with Crippen LogP contribution in [0.3, 0.4) is 0 Å². The first-order chi connectivity index (χ1) is 9.58. The number of anilines is 1. The molecule has 1 aromatic carbocycles. The molecule has 0 saturated heterocycles. The fourth-order valence-corrected chi connectivity index (χ4v) is 2.56. The monoisotopic (exact) mass is 272 g/mol. The molecular weight excluding hydrogens is 256 g/mol. The number of rotatable bonds is 1. The molecule has 1 aromatic heterocycles. The second-order valence-corrected chi connectivity index (χ2v) is 5.03. The minimum Gasteiger partial charge on any atom is -0.346 e. The van der Waals surface area contributed by atoms with Gasteiger partial charge in [0.1, 0.15) is 0 Å². The summed E-state index contributed by atoms with van der Waals surface area (Å²) in [5.41, 5.74) is 1.77. The van der Waals surface area contributed by atoms with E-state index in [0.717, 1.165) is 17.5 Å². The predicted octanol–water partition coefficient (Wildman–Crippen LogP) is 0.0417. The number of benzene rings is 1. The van der Waals surface area contributed by atoms with Crippen molar-refractivity contribution < 1.29 is 0 Å². The Morgan fingerprint density at radius 3 is 2.55 bits per heavy atom. The molecule has 0 radical (unpaired) electrons. The van der Waals surface area contributed by atoms with Crippen molar-refractivity contribution in [1.82, 2.24) is 14.3 Å². The highest BCUT2D eigenvalue weighted by molar-refractivity contribution is 5.42. The van der Waals surface area contributed by atoms with Gasteiger partial charge in [-0.3, -0.25) is 9.36 Å². The molecule has 6 heteroatoms. The summed E-state index contributed by atoms with van der Waals surface area (Å²) in [6.45, 7) is 1.38. The van der Waals surface area contributed by atoms with Crippen molar-refractivity contribution in [3.63, 3.8) is 0 Å². The summed E-state index contributed by atoms with van der Waals surface area (Å²) in [6, 6.07) is 8.19. The molecule has 20 heavy (non-hydrogen) atoms. The van der Waals surface area contributed by atoms with Gasteiger partial charge in [-0.1, -0.05) is 24.3 Å². The highest BCUT2D eigenvalue weighted by atomic mass is 16.2. The average Bonchev–Trinajstić information content (AvgIpc) is 2.48. The first kappa shape index (κ1) is 12.7. The van der Waals surface area contributed by atoms with Crippen LogP contribution in [0, 0.1) is 0 Å². The van der Waals surface area contributed by atoms with Crippen LogP contribution in [0.5, 0.6) is 0 Å². The number of nitrogens with zero attached hydrogens (tertiary/aromatic N) is 4. The summed E-state index contributed by atoms with van der Waals surface area (Å²) in [6.07, 6.45) is 0.879. The summed E-state index contributed by atoms with van der Waals surface area (Å²) in [4.78, 5) is 25.8. The zero-order valence-electron chi connectivity index (χ0n) is 11.5. The quantitative estimate of drug-likeness (QED) is 0.735. The van der Waals surface area contributed by atoms with Crippen LogP contribution in [0.1, 0.15) is 11.1 Å². The van der Waals surface area contributed by atoms with Crippen molar-refractivity contribution in [2.45, 2.75) is 13.0 Å². The van der Waals surface area contributed by atoms with Gasteiger partial charge in [-0.15, -0.1) is 5.10 Å². The van der Waals surface area contributed by atoms with E-state index in [1.54, 1.807) is 7.05 Å². The lowest BCUT2D eigenvalue weighted by Gasteiger charge is -2.29. The van der Waals surface area contributed by atoms with Crippen LogP contribution >= 0.6 is 0 Å². The molecule has 6 nitrogen and oxygen atoms in total. The summed E-state index contributed by atoms with van der Waals surface area (Å²) < 4.78 is 2.31. The van der Waals surface area contributed by atoms with Gasteiger partial charge in [0.25, 0.3) is 5.56 Å².